The number of hydrogen-bond donors (Lipinski definition) is 1. The van der Waals surface area contributed by atoms with E-state index in [1.54, 1.807) is 0 Å². The van der Waals surface area contributed by atoms with Crippen LogP contribution in [0.25, 0.3) is 0 Å². The van der Waals surface area contributed by atoms with E-state index in [2.05, 4.69) is 18.7 Å². The van der Waals surface area contributed by atoms with Crippen molar-refractivity contribution in [2.75, 3.05) is 27.3 Å². The number of esters is 1. The van der Waals surface area contributed by atoms with Crippen molar-refractivity contribution < 1.29 is 19.4 Å². The molecule has 0 radical (unpaired) electrons. The number of likely N-dealkylation sites (N-methyl/N-ethyl adjacent to an activating group) is 1. The average molecular weight is 309 g/mol. The minimum Gasteiger partial charge on any atom is -0.508 e. The monoisotopic (exact) mass is 309 g/mol. The van der Waals surface area contributed by atoms with E-state index in [1.807, 2.05) is 21.0 Å². The van der Waals surface area contributed by atoms with Crippen LogP contribution in [0.2, 0.25) is 0 Å². The summed E-state index contributed by atoms with van der Waals surface area (Å²) < 4.78 is 10.8. The summed E-state index contributed by atoms with van der Waals surface area (Å²) >= 11 is 0. The largest absolute Gasteiger partial charge is 0.508 e. The Bertz CT molecular complexity index is 486. The van der Waals surface area contributed by atoms with E-state index in [-0.39, 0.29) is 11.8 Å². The number of rotatable bonds is 8. The van der Waals surface area contributed by atoms with Gasteiger partial charge in [0.2, 0.25) is 0 Å². The molecule has 0 saturated heterocycles. The number of phenolic OH excluding ortho intramolecular Hbond substituents is 1. The molecule has 0 saturated carbocycles. The van der Waals surface area contributed by atoms with Crippen LogP contribution in [0.1, 0.15) is 37.6 Å². The van der Waals surface area contributed by atoms with Gasteiger partial charge in [0.1, 0.15) is 23.7 Å². The van der Waals surface area contributed by atoms with Gasteiger partial charge in [0.25, 0.3) is 0 Å². The highest BCUT2D eigenvalue weighted by atomic mass is 16.5. The third-order valence-electron chi connectivity index (χ3n) is 3.37. The third-order valence-corrected chi connectivity index (χ3v) is 3.37. The van der Waals surface area contributed by atoms with E-state index in [1.165, 1.54) is 18.2 Å². The van der Waals surface area contributed by atoms with E-state index >= 15 is 0 Å². The lowest BCUT2D eigenvalue weighted by molar-refractivity contribution is 0.0375. The van der Waals surface area contributed by atoms with Gasteiger partial charge in [-0.05, 0) is 45.5 Å². The van der Waals surface area contributed by atoms with Gasteiger partial charge in [0, 0.05) is 12.1 Å². The molecule has 1 N–H and O–H groups in total. The molecule has 0 aliphatic rings. The third kappa shape index (κ3) is 5.56. The second kappa shape index (κ2) is 8.63. The van der Waals surface area contributed by atoms with Crippen molar-refractivity contribution in [2.45, 2.75) is 33.2 Å². The van der Waals surface area contributed by atoms with Crippen LogP contribution >= 0.6 is 0 Å². The first-order valence-corrected chi connectivity index (χ1v) is 7.64. The molecular formula is C17H27NO4. The molecule has 5 nitrogen and oxygen atoms in total. The molecule has 5 heteroatoms. The average Bonchev–Trinajstić information content (AvgIpc) is 2.43. The van der Waals surface area contributed by atoms with Crippen molar-refractivity contribution in [3.63, 3.8) is 0 Å². The fraction of sp³-hybridized carbons (Fsp3) is 0.588. The summed E-state index contributed by atoms with van der Waals surface area (Å²) in [5.41, 5.74) is 0.335. The number of carbonyl (C=O) groups excluding carboxylic acids is 1. The molecule has 1 aromatic rings. The number of hydrogen-bond acceptors (Lipinski definition) is 5. The normalized spacial score (nSPS) is 12.5. The van der Waals surface area contributed by atoms with Gasteiger partial charge in [-0.1, -0.05) is 13.8 Å². The molecule has 0 bridgehead atoms. The predicted octanol–water partition coefficient (Wildman–Crippen LogP) is 2.92. The first-order valence-electron chi connectivity index (χ1n) is 7.64. The Balaban J connectivity index is 2.76. The molecule has 22 heavy (non-hydrogen) atoms. The van der Waals surface area contributed by atoms with Crippen LogP contribution in [0.3, 0.4) is 0 Å². The molecule has 0 fully saturated rings. The number of phenols is 1. The van der Waals surface area contributed by atoms with Crippen molar-refractivity contribution in [3.05, 3.63) is 23.8 Å². The fourth-order valence-corrected chi connectivity index (χ4v) is 2.18. The number of aromatic hydroxyl groups is 1. The van der Waals surface area contributed by atoms with Crippen LogP contribution in [0.5, 0.6) is 11.5 Å². The molecule has 0 heterocycles. The van der Waals surface area contributed by atoms with Crippen molar-refractivity contribution in [2.24, 2.45) is 5.92 Å². The lowest BCUT2D eigenvalue weighted by atomic mass is 10.0. The first-order chi connectivity index (χ1) is 10.3. The predicted molar refractivity (Wildman–Crippen MR) is 86.5 cm³/mol. The maximum atomic E-state index is 12.3. The number of carbonyl (C=O) groups is 1. The Kier molecular flexibility index (Phi) is 7.18. The van der Waals surface area contributed by atoms with E-state index in [0.29, 0.717) is 30.4 Å². The fourth-order valence-electron chi connectivity index (χ4n) is 2.18. The molecule has 0 aliphatic carbocycles. The summed E-state index contributed by atoms with van der Waals surface area (Å²) in [6.07, 6.45) is 0.953. The molecule has 0 aliphatic heterocycles. The van der Waals surface area contributed by atoms with Crippen LogP contribution in [-0.2, 0) is 4.74 Å². The Labute approximate surface area is 132 Å². The highest BCUT2D eigenvalue weighted by Gasteiger charge is 2.19. The summed E-state index contributed by atoms with van der Waals surface area (Å²) in [6.45, 7) is 6.86. The molecule has 124 valence electrons. The first kappa shape index (κ1) is 18.3. The quantitative estimate of drug-likeness (QED) is 0.748. The lowest BCUT2D eigenvalue weighted by Gasteiger charge is -2.25. The molecule has 0 spiro atoms. The minimum atomic E-state index is -0.431. The Hall–Kier alpha value is -1.75. The van der Waals surface area contributed by atoms with Gasteiger partial charge in [-0.15, -0.1) is 0 Å². The maximum Gasteiger partial charge on any atom is 0.341 e. The Morgan fingerprint density at radius 2 is 2.00 bits per heavy atom. The molecule has 0 aromatic heterocycles. The zero-order chi connectivity index (χ0) is 16.7. The van der Waals surface area contributed by atoms with Crippen LogP contribution in [-0.4, -0.2) is 49.3 Å². The number of benzene rings is 1. The smallest absolute Gasteiger partial charge is 0.341 e. The highest BCUT2D eigenvalue weighted by Crippen LogP contribution is 2.25. The molecule has 1 aromatic carbocycles. The van der Waals surface area contributed by atoms with Crippen molar-refractivity contribution in [1.82, 2.24) is 4.90 Å². The highest BCUT2D eigenvalue weighted by molar-refractivity contribution is 5.92. The number of ether oxygens (including phenoxy) is 2. The van der Waals surface area contributed by atoms with Gasteiger partial charge in [0.15, 0.2) is 0 Å². The molecule has 1 rings (SSSR count). The standard InChI is InChI=1S/C17H27NO4/c1-6-21-16-10-14(19)7-8-15(16)17(20)22-11-13(18(4)5)9-12(2)3/h7-8,10,12-13,19H,6,9,11H2,1-5H3/t13-/m0/s1. The van der Waals surface area contributed by atoms with E-state index in [9.17, 15) is 9.90 Å². The van der Waals surface area contributed by atoms with Gasteiger partial charge in [-0.2, -0.15) is 0 Å². The maximum absolute atomic E-state index is 12.3. The van der Waals surface area contributed by atoms with Crippen molar-refractivity contribution in [3.8, 4) is 11.5 Å². The van der Waals surface area contributed by atoms with Gasteiger partial charge >= 0.3 is 5.97 Å². The SMILES string of the molecule is CCOc1cc(O)ccc1C(=O)OC[C@H](CC(C)C)N(C)C. The summed E-state index contributed by atoms with van der Waals surface area (Å²) in [5.74, 6) is 0.501. The minimum absolute atomic E-state index is 0.0611. The lowest BCUT2D eigenvalue weighted by Crippen LogP contribution is -2.34. The summed E-state index contributed by atoms with van der Waals surface area (Å²) in [7, 11) is 3.96. The van der Waals surface area contributed by atoms with Gasteiger partial charge in [-0.3, -0.25) is 0 Å². The molecule has 1 atom stereocenters. The van der Waals surface area contributed by atoms with Gasteiger partial charge in [-0.25, -0.2) is 4.79 Å². The summed E-state index contributed by atoms with van der Waals surface area (Å²) in [6, 6.07) is 4.58. The zero-order valence-electron chi connectivity index (χ0n) is 14.1. The van der Waals surface area contributed by atoms with Crippen molar-refractivity contribution >= 4 is 5.97 Å². The van der Waals surface area contributed by atoms with Gasteiger partial charge in [0.05, 0.1) is 6.61 Å². The van der Waals surface area contributed by atoms with E-state index in [0.717, 1.165) is 6.42 Å². The Morgan fingerprint density at radius 1 is 1.32 bits per heavy atom. The summed E-state index contributed by atoms with van der Waals surface area (Å²) in [4.78, 5) is 14.3. The molecular weight excluding hydrogens is 282 g/mol. The number of nitrogens with zero attached hydrogens (tertiary/aromatic N) is 1. The van der Waals surface area contributed by atoms with Crippen LogP contribution in [0.4, 0.5) is 0 Å². The molecule has 0 amide bonds. The second-order valence-corrected chi connectivity index (χ2v) is 5.96. The van der Waals surface area contributed by atoms with E-state index < -0.39 is 5.97 Å². The molecule has 0 unspecified atom stereocenters. The van der Waals surface area contributed by atoms with Crippen molar-refractivity contribution in [1.29, 1.82) is 0 Å². The zero-order valence-corrected chi connectivity index (χ0v) is 14.1. The van der Waals surface area contributed by atoms with E-state index in [4.69, 9.17) is 9.47 Å². The summed E-state index contributed by atoms with van der Waals surface area (Å²) in [5, 5.41) is 9.50. The Morgan fingerprint density at radius 3 is 2.55 bits per heavy atom. The topological polar surface area (TPSA) is 59.0 Å². The second-order valence-electron chi connectivity index (χ2n) is 5.96. The van der Waals surface area contributed by atoms with Crippen LogP contribution in [0.15, 0.2) is 18.2 Å². The van der Waals surface area contributed by atoms with Crippen LogP contribution < -0.4 is 4.74 Å². The van der Waals surface area contributed by atoms with Gasteiger partial charge < -0.3 is 19.5 Å². The van der Waals surface area contributed by atoms with Crippen LogP contribution in [0, 0.1) is 5.92 Å².